The van der Waals surface area contributed by atoms with Gasteiger partial charge < -0.3 is 4.74 Å². The number of amides is 2. The maximum absolute atomic E-state index is 12.4. The highest BCUT2D eigenvalue weighted by Gasteiger charge is 2.22. The topological polar surface area (TPSA) is 102 Å². The van der Waals surface area contributed by atoms with Gasteiger partial charge in [0.1, 0.15) is 6.61 Å². The van der Waals surface area contributed by atoms with Gasteiger partial charge in [0.05, 0.1) is 10.6 Å². The average Bonchev–Trinajstić information content (AvgIpc) is 2.65. The van der Waals surface area contributed by atoms with Crippen LogP contribution in [0.3, 0.4) is 0 Å². The van der Waals surface area contributed by atoms with Crippen molar-refractivity contribution in [3.8, 4) is 0 Å². The zero-order chi connectivity index (χ0) is 19.9. The number of nitrogens with zero attached hydrogens (tertiary/aromatic N) is 1. The lowest BCUT2D eigenvalue weighted by atomic mass is 10.3. The Morgan fingerprint density at radius 1 is 1.04 bits per heavy atom. The van der Waals surface area contributed by atoms with E-state index >= 15 is 0 Å². The molecule has 27 heavy (non-hydrogen) atoms. The second kappa shape index (κ2) is 9.26. The van der Waals surface area contributed by atoms with Gasteiger partial charge >= 0.3 is 0 Å². The standard InChI is InChI=1S/C18H20N2O6S/c1-14(21)19-20(16-9-5-3-6-10-16)18(22)13-25-15(2)26-27(23,24)17-11-7-4-8-12-17/h3-12,15H,13H2,1-2H3,(H,19,21). The summed E-state index contributed by atoms with van der Waals surface area (Å²) in [5, 5.41) is 1.03. The fraction of sp³-hybridized carbons (Fsp3) is 0.222. The van der Waals surface area contributed by atoms with Crippen LogP contribution in [-0.2, 0) is 28.6 Å². The van der Waals surface area contributed by atoms with Gasteiger partial charge in [0.25, 0.3) is 16.0 Å². The molecule has 9 heteroatoms. The van der Waals surface area contributed by atoms with Crippen LogP contribution in [0, 0.1) is 0 Å². The third-order valence-electron chi connectivity index (χ3n) is 3.27. The van der Waals surface area contributed by atoms with Crippen LogP contribution >= 0.6 is 0 Å². The predicted molar refractivity (Wildman–Crippen MR) is 97.9 cm³/mol. The van der Waals surface area contributed by atoms with Gasteiger partial charge in [-0.15, -0.1) is 0 Å². The van der Waals surface area contributed by atoms with Crippen LogP contribution in [0.15, 0.2) is 65.6 Å². The molecule has 0 spiro atoms. The summed E-state index contributed by atoms with van der Waals surface area (Å²) in [6.45, 7) is 2.13. The maximum atomic E-state index is 12.4. The van der Waals surface area contributed by atoms with Gasteiger partial charge in [0.15, 0.2) is 6.29 Å². The first-order valence-corrected chi connectivity index (χ1v) is 9.45. The zero-order valence-corrected chi connectivity index (χ0v) is 15.7. The molecule has 0 aliphatic carbocycles. The van der Waals surface area contributed by atoms with Crippen molar-refractivity contribution in [2.45, 2.75) is 25.0 Å². The molecule has 2 aromatic carbocycles. The van der Waals surface area contributed by atoms with Gasteiger partial charge in [0.2, 0.25) is 5.91 Å². The van der Waals surface area contributed by atoms with E-state index in [1.807, 2.05) is 0 Å². The Morgan fingerprint density at radius 3 is 2.15 bits per heavy atom. The van der Waals surface area contributed by atoms with E-state index in [2.05, 4.69) is 5.43 Å². The zero-order valence-electron chi connectivity index (χ0n) is 14.9. The lowest BCUT2D eigenvalue weighted by molar-refractivity contribution is -0.134. The number of rotatable bonds is 7. The van der Waals surface area contributed by atoms with Gasteiger partial charge in [-0.05, 0) is 31.2 Å². The van der Waals surface area contributed by atoms with Crippen LogP contribution < -0.4 is 10.4 Å². The summed E-state index contributed by atoms with van der Waals surface area (Å²) in [4.78, 5) is 23.7. The number of nitrogens with one attached hydrogen (secondary N) is 1. The fourth-order valence-corrected chi connectivity index (χ4v) is 3.12. The highest BCUT2D eigenvalue weighted by atomic mass is 32.2. The quantitative estimate of drug-likeness (QED) is 0.438. The number of hydrogen-bond acceptors (Lipinski definition) is 6. The summed E-state index contributed by atoms with van der Waals surface area (Å²) in [7, 11) is -4.02. The lowest BCUT2D eigenvalue weighted by Gasteiger charge is -2.23. The van der Waals surface area contributed by atoms with Crippen molar-refractivity contribution in [1.82, 2.24) is 5.43 Å². The minimum atomic E-state index is -4.02. The highest BCUT2D eigenvalue weighted by molar-refractivity contribution is 7.86. The van der Waals surface area contributed by atoms with E-state index in [0.29, 0.717) is 5.69 Å². The molecule has 1 N–H and O–H groups in total. The highest BCUT2D eigenvalue weighted by Crippen LogP contribution is 2.15. The number of carbonyl (C=O) groups excluding carboxylic acids is 2. The fourth-order valence-electron chi connectivity index (χ4n) is 2.11. The number of hydrogen-bond donors (Lipinski definition) is 1. The van der Waals surface area contributed by atoms with E-state index in [-0.39, 0.29) is 4.90 Å². The first-order chi connectivity index (χ1) is 12.8. The van der Waals surface area contributed by atoms with Crippen LogP contribution in [0.2, 0.25) is 0 Å². The first-order valence-electron chi connectivity index (χ1n) is 8.05. The third-order valence-corrected chi connectivity index (χ3v) is 4.64. The van der Waals surface area contributed by atoms with Crippen LogP contribution in [-0.4, -0.2) is 33.1 Å². The molecule has 0 fully saturated rings. The third kappa shape index (κ3) is 6.17. The summed E-state index contributed by atoms with van der Waals surface area (Å²) in [6, 6.07) is 16.0. The van der Waals surface area contributed by atoms with Gasteiger partial charge in [0, 0.05) is 6.92 Å². The van der Waals surface area contributed by atoms with Gasteiger partial charge in [-0.25, -0.2) is 9.19 Å². The number of carbonyl (C=O) groups is 2. The second-order valence-corrected chi connectivity index (χ2v) is 7.05. The van der Waals surface area contributed by atoms with E-state index in [4.69, 9.17) is 8.92 Å². The number of ether oxygens (including phenoxy) is 1. The van der Waals surface area contributed by atoms with E-state index in [0.717, 1.165) is 5.01 Å². The van der Waals surface area contributed by atoms with Crippen molar-refractivity contribution in [2.24, 2.45) is 0 Å². The van der Waals surface area contributed by atoms with E-state index in [9.17, 15) is 18.0 Å². The molecule has 1 unspecified atom stereocenters. The largest absolute Gasteiger partial charge is 0.342 e. The molecular weight excluding hydrogens is 372 g/mol. The number of para-hydroxylation sites is 1. The van der Waals surface area contributed by atoms with E-state index in [1.54, 1.807) is 48.5 Å². The molecule has 0 radical (unpaired) electrons. The summed E-state index contributed by atoms with van der Waals surface area (Å²) in [6.07, 6.45) is -1.20. The van der Waals surface area contributed by atoms with Gasteiger partial charge in [-0.1, -0.05) is 36.4 Å². The minimum absolute atomic E-state index is 0.0177. The number of anilines is 1. The van der Waals surface area contributed by atoms with Crippen molar-refractivity contribution in [3.63, 3.8) is 0 Å². The van der Waals surface area contributed by atoms with Crippen molar-refractivity contribution >= 4 is 27.6 Å². The molecule has 8 nitrogen and oxygen atoms in total. The SMILES string of the molecule is CC(=O)NN(C(=O)COC(C)OS(=O)(=O)c1ccccc1)c1ccccc1. The molecule has 2 aromatic rings. The minimum Gasteiger partial charge on any atom is -0.342 e. The molecule has 0 heterocycles. The number of hydrazine groups is 1. The molecule has 0 saturated carbocycles. The Labute approximate surface area is 157 Å². The van der Waals surface area contributed by atoms with Crippen LogP contribution in [0.4, 0.5) is 5.69 Å². The molecule has 2 amide bonds. The molecule has 0 aliphatic heterocycles. The Hall–Kier alpha value is -2.75. The Bertz CT molecular complexity index is 871. The maximum Gasteiger partial charge on any atom is 0.299 e. The molecule has 0 bridgehead atoms. The van der Waals surface area contributed by atoms with Crippen LogP contribution in [0.25, 0.3) is 0 Å². The van der Waals surface area contributed by atoms with E-state index < -0.39 is 34.8 Å². The van der Waals surface area contributed by atoms with Crippen molar-refractivity contribution in [1.29, 1.82) is 0 Å². The second-order valence-electron chi connectivity index (χ2n) is 5.47. The monoisotopic (exact) mass is 392 g/mol. The van der Waals surface area contributed by atoms with Crippen LogP contribution in [0.1, 0.15) is 13.8 Å². The molecule has 0 aromatic heterocycles. The summed E-state index contributed by atoms with van der Waals surface area (Å²) < 4.78 is 34.4. The predicted octanol–water partition coefficient (Wildman–Crippen LogP) is 1.84. The molecule has 0 aliphatic rings. The molecule has 0 saturated heterocycles. The molecule has 144 valence electrons. The Balaban J connectivity index is 1.99. The normalized spacial score (nSPS) is 12.2. The summed E-state index contributed by atoms with van der Waals surface area (Å²) in [5.74, 6) is -1.04. The Morgan fingerprint density at radius 2 is 1.59 bits per heavy atom. The van der Waals surface area contributed by atoms with Crippen LogP contribution in [0.5, 0.6) is 0 Å². The smallest absolute Gasteiger partial charge is 0.299 e. The van der Waals surface area contributed by atoms with E-state index in [1.165, 1.54) is 26.0 Å². The van der Waals surface area contributed by atoms with Crippen molar-refractivity contribution in [2.75, 3.05) is 11.6 Å². The summed E-state index contributed by atoms with van der Waals surface area (Å²) in [5.41, 5.74) is 2.84. The Kier molecular flexibility index (Phi) is 7.05. The van der Waals surface area contributed by atoms with Gasteiger partial charge in [-0.3, -0.25) is 15.0 Å². The lowest BCUT2D eigenvalue weighted by Crippen LogP contribution is -2.47. The molecule has 1 atom stereocenters. The number of benzene rings is 2. The van der Waals surface area contributed by atoms with Gasteiger partial charge in [-0.2, -0.15) is 8.42 Å². The average molecular weight is 392 g/mol. The van der Waals surface area contributed by atoms with Crippen molar-refractivity contribution in [3.05, 3.63) is 60.7 Å². The molecular formula is C18H20N2O6S. The first kappa shape index (κ1) is 20.6. The molecule has 2 rings (SSSR count). The summed E-state index contributed by atoms with van der Waals surface area (Å²) >= 11 is 0. The van der Waals surface area contributed by atoms with Crippen molar-refractivity contribution < 1.29 is 26.9 Å².